The molecule has 16 heavy (non-hydrogen) atoms. The minimum absolute atomic E-state index is 0.166. The number of nitrogens with zero attached hydrogens (tertiary/aromatic N) is 1. The molecule has 0 aliphatic heterocycles. The molecule has 2 rings (SSSR count). The highest BCUT2D eigenvalue weighted by Gasteiger charge is 2.06. The first-order valence-corrected chi connectivity index (χ1v) is 5.87. The molecule has 0 saturated carbocycles. The molecule has 0 spiro atoms. The van der Waals surface area contributed by atoms with Crippen molar-refractivity contribution in [2.45, 2.75) is 5.33 Å². The summed E-state index contributed by atoms with van der Waals surface area (Å²) in [5, 5.41) is 9.89. The van der Waals surface area contributed by atoms with Gasteiger partial charge in [-0.25, -0.2) is 0 Å². The van der Waals surface area contributed by atoms with E-state index in [0.717, 1.165) is 16.6 Å². The van der Waals surface area contributed by atoms with Gasteiger partial charge < -0.3 is 5.32 Å². The number of hydrogen-bond donors (Lipinski definition) is 2. The van der Waals surface area contributed by atoms with Crippen molar-refractivity contribution in [1.82, 2.24) is 10.2 Å². The van der Waals surface area contributed by atoms with Gasteiger partial charge >= 0.3 is 0 Å². The monoisotopic (exact) mass is 279 g/mol. The lowest BCUT2D eigenvalue weighted by Crippen LogP contribution is -2.10. The van der Waals surface area contributed by atoms with Crippen LogP contribution in [0, 0.1) is 0 Å². The van der Waals surface area contributed by atoms with E-state index in [9.17, 15) is 4.79 Å². The molecule has 0 aliphatic carbocycles. The van der Waals surface area contributed by atoms with E-state index in [4.69, 9.17) is 0 Å². The molecule has 1 amide bonds. The largest absolute Gasteiger partial charge is 0.322 e. The van der Waals surface area contributed by atoms with Gasteiger partial charge in [0.1, 0.15) is 0 Å². The highest BCUT2D eigenvalue weighted by Crippen LogP contribution is 2.14. The van der Waals surface area contributed by atoms with Crippen molar-refractivity contribution in [3.05, 3.63) is 47.8 Å². The molecule has 1 heterocycles. The molecule has 2 N–H and O–H groups in total. The summed E-state index contributed by atoms with van der Waals surface area (Å²) >= 11 is 3.37. The zero-order valence-corrected chi connectivity index (χ0v) is 9.99. The van der Waals surface area contributed by atoms with Gasteiger partial charge in [0.05, 0.1) is 11.8 Å². The molecule has 0 radical (unpaired) electrons. The van der Waals surface area contributed by atoms with E-state index in [1.807, 2.05) is 24.3 Å². The minimum atomic E-state index is -0.166. The Bertz CT molecular complexity index is 482. The fourth-order valence-electron chi connectivity index (χ4n) is 1.31. The standard InChI is InChI=1S/C11H10BrN3O/c12-5-8-2-1-3-10(4-8)15-11(16)9-6-13-14-7-9/h1-4,6-7H,5H2,(H,13,14)(H,15,16). The van der Waals surface area contributed by atoms with E-state index >= 15 is 0 Å². The van der Waals surface area contributed by atoms with Crippen LogP contribution in [0.3, 0.4) is 0 Å². The molecular weight excluding hydrogens is 270 g/mol. The van der Waals surface area contributed by atoms with Gasteiger partial charge in [0, 0.05) is 17.2 Å². The van der Waals surface area contributed by atoms with Gasteiger partial charge in [-0.05, 0) is 17.7 Å². The molecule has 0 aliphatic rings. The number of halogens is 1. The second-order valence-corrected chi connectivity index (χ2v) is 3.84. The number of aromatic amines is 1. The zero-order chi connectivity index (χ0) is 11.4. The number of anilines is 1. The predicted molar refractivity (Wildman–Crippen MR) is 65.6 cm³/mol. The number of H-pyrrole nitrogens is 1. The SMILES string of the molecule is O=C(Nc1cccc(CBr)c1)c1cn[nH]c1. The predicted octanol–water partition coefficient (Wildman–Crippen LogP) is 2.56. The van der Waals surface area contributed by atoms with Crippen molar-refractivity contribution in [2.24, 2.45) is 0 Å². The van der Waals surface area contributed by atoms with Gasteiger partial charge in [-0.15, -0.1) is 0 Å². The Hall–Kier alpha value is -1.62. The number of carbonyl (C=O) groups excluding carboxylic acids is 1. The van der Waals surface area contributed by atoms with Gasteiger partial charge in [0.2, 0.25) is 0 Å². The summed E-state index contributed by atoms with van der Waals surface area (Å²) in [6.07, 6.45) is 3.05. The molecule has 0 unspecified atom stereocenters. The van der Waals surface area contributed by atoms with E-state index < -0.39 is 0 Å². The van der Waals surface area contributed by atoms with Crippen LogP contribution in [0.5, 0.6) is 0 Å². The van der Waals surface area contributed by atoms with Crippen LogP contribution in [0.1, 0.15) is 15.9 Å². The first-order chi connectivity index (χ1) is 7.79. The molecule has 4 nitrogen and oxygen atoms in total. The van der Waals surface area contributed by atoms with Gasteiger partial charge in [-0.3, -0.25) is 9.89 Å². The number of hydrogen-bond acceptors (Lipinski definition) is 2. The number of aromatic nitrogens is 2. The van der Waals surface area contributed by atoms with Crippen LogP contribution in [0.15, 0.2) is 36.7 Å². The number of benzene rings is 1. The quantitative estimate of drug-likeness (QED) is 0.849. The van der Waals surface area contributed by atoms with E-state index in [1.165, 1.54) is 6.20 Å². The third-order valence-electron chi connectivity index (χ3n) is 2.10. The van der Waals surface area contributed by atoms with Gasteiger partial charge in [-0.2, -0.15) is 5.10 Å². The fraction of sp³-hybridized carbons (Fsp3) is 0.0909. The minimum Gasteiger partial charge on any atom is -0.322 e. The third-order valence-corrected chi connectivity index (χ3v) is 2.75. The Balaban J connectivity index is 2.12. The smallest absolute Gasteiger partial charge is 0.258 e. The first kappa shape index (κ1) is 10.9. The third kappa shape index (κ3) is 2.49. The lowest BCUT2D eigenvalue weighted by molar-refractivity contribution is 0.102. The number of amides is 1. The van der Waals surface area contributed by atoms with Crippen LogP contribution < -0.4 is 5.32 Å². The molecule has 0 bridgehead atoms. The van der Waals surface area contributed by atoms with Crippen molar-refractivity contribution >= 4 is 27.5 Å². The number of alkyl halides is 1. The zero-order valence-electron chi connectivity index (χ0n) is 8.40. The normalized spacial score (nSPS) is 10.1. The molecular formula is C11H10BrN3O. The lowest BCUT2D eigenvalue weighted by atomic mass is 10.2. The summed E-state index contributed by atoms with van der Waals surface area (Å²) in [7, 11) is 0. The summed E-state index contributed by atoms with van der Waals surface area (Å²) < 4.78 is 0. The van der Waals surface area contributed by atoms with Crippen molar-refractivity contribution < 1.29 is 4.79 Å². The second kappa shape index (κ2) is 4.94. The van der Waals surface area contributed by atoms with Crippen molar-refractivity contribution in [2.75, 3.05) is 5.32 Å². The van der Waals surface area contributed by atoms with Crippen LogP contribution in [0.2, 0.25) is 0 Å². The Morgan fingerprint density at radius 2 is 2.38 bits per heavy atom. The molecule has 0 fully saturated rings. The summed E-state index contributed by atoms with van der Waals surface area (Å²) in [5.74, 6) is -0.166. The van der Waals surface area contributed by atoms with E-state index in [-0.39, 0.29) is 5.91 Å². The van der Waals surface area contributed by atoms with Crippen LogP contribution in [-0.2, 0) is 5.33 Å². The Morgan fingerprint density at radius 1 is 1.50 bits per heavy atom. The Labute approximate surface area is 101 Å². The lowest BCUT2D eigenvalue weighted by Gasteiger charge is -2.04. The summed E-state index contributed by atoms with van der Waals surface area (Å²) in [6.45, 7) is 0. The number of nitrogens with one attached hydrogen (secondary N) is 2. The Morgan fingerprint density at radius 3 is 3.06 bits per heavy atom. The van der Waals surface area contributed by atoms with E-state index in [1.54, 1.807) is 6.20 Å². The molecule has 2 aromatic rings. The highest BCUT2D eigenvalue weighted by atomic mass is 79.9. The first-order valence-electron chi connectivity index (χ1n) is 4.74. The molecule has 1 aromatic carbocycles. The maximum Gasteiger partial charge on any atom is 0.258 e. The number of carbonyl (C=O) groups is 1. The summed E-state index contributed by atoms with van der Waals surface area (Å²) in [4.78, 5) is 11.7. The summed E-state index contributed by atoms with van der Waals surface area (Å²) in [5.41, 5.74) is 2.41. The molecule has 5 heteroatoms. The molecule has 82 valence electrons. The van der Waals surface area contributed by atoms with Crippen molar-refractivity contribution in [3.63, 3.8) is 0 Å². The topological polar surface area (TPSA) is 57.8 Å². The van der Waals surface area contributed by atoms with Crippen molar-refractivity contribution in [3.8, 4) is 0 Å². The average molecular weight is 280 g/mol. The van der Waals surface area contributed by atoms with E-state index in [0.29, 0.717) is 5.56 Å². The number of rotatable bonds is 3. The Kier molecular flexibility index (Phi) is 3.36. The fourth-order valence-corrected chi connectivity index (χ4v) is 1.66. The van der Waals surface area contributed by atoms with Crippen LogP contribution in [0.4, 0.5) is 5.69 Å². The maximum absolute atomic E-state index is 11.7. The summed E-state index contributed by atoms with van der Waals surface area (Å²) in [6, 6.07) is 7.67. The molecule has 1 aromatic heterocycles. The van der Waals surface area contributed by atoms with Gasteiger partial charge in [-0.1, -0.05) is 28.1 Å². The van der Waals surface area contributed by atoms with Gasteiger partial charge in [0.15, 0.2) is 0 Å². The van der Waals surface area contributed by atoms with Gasteiger partial charge in [0.25, 0.3) is 5.91 Å². The van der Waals surface area contributed by atoms with Crippen LogP contribution in [-0.4, -0.2) is 16.1 Å². The van der Waals surface area contributed by atoms with Crippen molar-refractivity contribution in [1.29, 1.82) is 0 Å². The maximum atomic E-state index is 11.7. The second-order valence-electron chi connectivity index (χ2n) is 3.28. The highest BCUT2D eigenvalue weighted by molar-refractivity contribution is 9.08. The molecule has 0 saturated heterocycles. The van der Waals surface area contributed by atoms with Crippen LogP contribution in [0.25, 0.3) is 0 Å². The van der Waals surface area contributed by atoms with Crippen LogP contribution >= 0.6 is 15.9 Å². The molecule has 0 atom stereocenters. The van der Waals surface area contributed by atoms with E-state index in [2.05, 4.69) is 31.4 Å². The average Bonchev–Trinajstić information content (AvgIpc) is 2.83.